The number of hydrogen-bond acceptors (Lipinski definition) is 5. The van der Waals surface area contributed by atoms with E-state index in [0.717, 1.165) is 6.42 Å². The standard InChI is InChI=1S/C10H23NO3.H3O3P/c1-3-5-10(14,4-2)11(6-8-12)7-9-13;1-4(2)3/h12-14H,3-9H2,1-2H3;4H,(H2,1,2,3). The zero-order valence-corrected chi connectivity index (χ0v) is 12.0. The molecule has 0 aromatic carbocycles. The zero-order valence-electron chi connectivity index (χ0n) is 11.0. The first kappa shape index (κ1) is 20.3. The third-order valence-corrected chi connectivity index (χ3v) is 2.55. The van der Waals surface area contributed by atoms with Crippen LogP contribution in [-0.2, 0) is 4.57 Å². The third-order valence-electron chi connectivity index (χ3n) is 2.55. The maximum absolute atomic E-state index is 10.2. The normalized spacial score (nSPS) is 14.3. The Hall–Kier alpha value is -0.0100. The molecular weight excluding hydrogens is 261 g/mol. The third kappa shape index (κ3) is 9.96. The van der Waals surface area contributed by atoms with Gasteiger partial charge in [-0.25, -0.2) is 0 Å². The van der Waals surface area contributed by atoms with Gasteiger partial charge in [-0.2, -0.15) is 0 Å². The van der Waals surface area contributed by atoms with E-state index in [1.54, 1.807) is 4.90 Å². The highest BCUT2D eigenvalue weighted by molar-refractivity contribution is 7.30. The lowest BCUT2D eigenvalue weighted by molar-refractivity contribution is -0.125. The van der Waals surface area contributed by atoms with Gasteiger partial charge in [0.15, 0.2) is 0 Å². The van der Waals surface area contributed by atoms with Crippen LogP contribution >= 0.6 is 8.25 Å². The Bertz CT molecular complexity index is 209. The summed E-state index contributed by atoms with van der Waals surface area (Å²) in [6, 6.07) is 0. The average Bonchev–Trinajstić information content (AvgIpc) is 2.28. The second kappa shape index (κ2) is 12.0. The van der Waals surface area contributed by atoms with Gasteiger partial charge in [0.25, 0.3) is 0 Å². The Morgan fingerprint density at radius 3 is 1.72 bits per heavy atom. The van der Waals surface area contributed by atoms with E-state index in [1.165, 1.54) is 0 Å². The molecule has 1 atom stereocenters. The molecule has 0 bridgehead atoms. The summed E-state index contributed by atoms with van der Waals surface area (Å²) in [6.45, 7) is 4.75. The summed E-state index contributed by atoms with van der Waals surface area (Å²) in [5, 5.41) is 28.0. The van der Waals surface area contributed by atoms with Crippen LogP contribution in [0.1, 0.15) is 33.1 Å². The van der Waals surface area contributed by atoms with E-state index >= 15 is 0 Å². The van der Waals surface area contributed by atoms with E-state index in [1.807, 2.05) is 13.8 Å². The summed E-state index contributed by atoms with van der Waals surface area (Å²) in [6.07, 6.45) is 2.17. The molecule has 8 heteroatoms. The fraction of sp³-hybridized carbons (Fsp3) is 1.00. The molecule has 0 amide bonds. The molecule has 0 aliphatic heterocycles. The van der Waals surface area contributed by atoms with E-state index in [0.29, 0.717) is 25.9 Å². The molecule has 5 N–H and O–H groups in total. The van der Waals surface area contributed by atoms with Crippen molar-refractivity contribution < 1.29 is 29.7 Å². The predicted molar refractivity (Wildman–Crippen MR) is 69.3 cm³/mol. The molecule has 1 unspecified atom stereocenters. The SMILES string of the molecule is CCCC(O)(CC)N(CCO)CCO.O=[PH](O)O. The van der Waals surface area contributed by atoms with Crippen LogP contribution in [0.15, 0.2) is 0 Å². The Morgan fingerprint density at radius 1 is 1.11 bits per heavy atom. The molecule has 0 aliphatic carbocycles. The van der Waals surface area contributed by atoms with Crippen molar-refractivity contribution in [1.82, 2.24) is 4.90 Å². The van der Waals surface area contributed by atoms with Gasteiger partial charge in [0.05, 0.1) is 13.2 Å². The molecule has 0 aliphatic rings. The average molecular weight is 287 g/mol. The smallest absolute Gasteiger partial charge is 0.314 e. The highest BCUT2D eigenvalue weighted by Gasteiger charge is 2.30. The number of aliphatic hydroxyl groups is 3. The first-order valence-electron chi connectivity index (χ1n) is 5.98. The molecule has 7 nitrogen and oxygen atoms in total. The second-order valence-electron chi connectivity index (χ2n) is 3.80. The highest BCUT2D eigenvalue weighted by atomic mass is 31.1. The summed E-state index contributed by atoms with van der Waals surface area (Å²) in [4.78, 5) is 16.1. The zero-order chi connectivity index (χ0) is 14.6. The van der Waals surface area contributed by atoms with Gasteiger partial charge in [-0.3, -0.25) is 9.46 Å². The molecule has 18 heavy (non-hydrogen) atoms. The minimum absolute atomic E-state index is 0.00598. The fourth-order valence-corrected chi connectivity index (χ4v) is 1.73. The molecule has 0 radical (unpaired) electrons. The van der Waals surface area contributed by atoms with Crippen molar-refractivity contribution >= 4 is 8.25 Å². The van der Waals surface area contributed by atoms with Crippen LogP contribution in [0, 0.1) is 0 Å². The quantitative estimate of drug-likeness (QED) is 0.302. The van der Waals surface area contributed by atoms with E-state index in [9.17, 15) is 5.11 Å². The molecule has 0 aromatic rings. The van der Waals surface area contributed by atoms with Crippen molar-refractivity contribution in [2.24, 2.45) is 0 Å². The topological polar surface area (TPSA) is 121 Å². The summed E-state index contributed by atoms with van der Waals surface area (Å²) in [5.74, 6) is 0. The van der Waals surface area contributed by atoms with Crippen LogP contribution in [0.4, 0.5) is 0 Å². The van der Waals surface area contributed by atoms with Gasteiger partial charge in [0, 0.05) is 13.1 Å². The van der Waals surface area contributed by atoms with Gasteiger partial charge in [0.1, 0.15) is 5.72 Å². The summed E-state index contributed by atoms with van der Waals surface area (Å²) < 4.78 is 8.74. The van der Waals surface area contributed by atoms with Gasteiger partial charge in [-0.1, -0.05) is 20.3 Å². The van der Waals surface area contributed by atoms with Gasteiger partial charge >= 0.3 is 8.25 Å². The number of hydrogen-bond donors (Lipinski definition) is 5. The lowest BCUT2D eigenvalue weighted by Crippen LogP contribution is -2.50. The maximum atomic E-state index is 10.2. The number of rotatable bonds is 8. The number of aliphatic hydroxyl groups excluding tert-OH is 2. The monoisotopic (exact) mass is 287 g/mol. The van der Waals surface area contributed by atoms with Crippen LogP contribution < -0.4 is 0 Å². The fourth-order valence-electron chi connectivity index (χ4n) is 1.73. The lowest BCUT2D eigenvalue weighted by Gasteiger charge is -2.38. The van der Waals surface area contributed by atoms with Crippen LogP contribution in [0.25, 0.3) is 0 Å². The summed E-state index contributed by atoms with van der Waals surface area (Å²) >= 11 is 0. The van der Waals surface area contributed by atoms with E-state index < -0.39 is 14.0 Å². The van der Waals surface area contributed by atoms with Gasteiger partial charge in [-0.15, -0.1) is 0 Å². The summed E-state index contributed by atoms with van der Waals surface area (Å²) in [5.41, 5.74) is -0.875. The minimum Gasteiger partial charge on any atom is -0.395 e. The van der Waals surface area contributed by atoms with Crippen molar-refractivity contribution in [3.8, 4) is 0 Å². The van der Waals surface area contributed by atoms with E-state index in [-0.39, 0.29) is 13.2 Å². The second-order valence-corrected chi connectivity index (χ2v) is 4.37. The Morgan fingerprint density at radius 2 is 1.50 bits per heavy atom. The molecule has 0 saturated carbocycles. The Kier molecular flexibility index (Phi) is 13.6. The van der Waals surface area contributed by atoms with Crippen molar-refractivity contribution in [2.75, 3.05) is 26.3 Å². The van der Waals surface area contributed by atoms with Gasteiger partial charge < -0.3 is 25.1 Å². The lowest BCUT2D eigenvalue weighted by atomic mass is 10.0. The largest absolute Gasteiger partial charge is 0.395 e. The Balaban J connectivity index is 0. The van der Waals surface area contributed by atoms with Gasteiger partial charge in [0.2, 0.25) is 0 Å². The first-order chi connectivity index (χ1) is 8.37. The van der Waals surface area contributed by atoms with E-state index in [4.69, 9.17) is 24.6 Å². The van der Waals surface area contributed by atoms with Crippen LogP contribution in [0.3, 0.4) is 0 Å². The van der Waals surface area contributed by atoms with Crippen molar-refractivity contribution in [3.05, 3.63) is 0 Å². The van der Waals surface area contributed by atoms with Crippen LogP contribution in [0.5, 0.6) is 0 Å². The molecule has 112 valence electrons. The van der Waals surface area contributed by atoms with Crippen molar-refractivity contribution in [2.45, 2.75) is 38.8 Å². The minimum atomic E-state index is -3.13. The number of nitrogens with zero attached hydrogens (tertiary/aromatic N) is 1. The summed E-state index contributed by atoms with van der Waals surface area (Å²) in [7, 11) is -3.13. The molecule has 0 saturated heterocycles. The van der Waals surface area contributed by atoms with Gasteiger partial charge in [-0.05, 0) is 12.8 Å². The molecule has 0 fully saturated rings. The van der Waals surface area contributed by atoms with Crippen molar-refractivity contribution in [1.29, 1.82) is 0 Å². The van der Waals surface area contributed by atoms with Crippen molar-refractivity contribution in [3.63, 3.8) is 0 Å². The molecule has 0 aromatic heterocycles. The van der Waals surface area contributed by atoms with Crippen LogP contribution in [-0.4, -0.2) is 62.0 Å². The van der Waals surface area contributed by atoms with E-state index in [2.05, 4.69) is 0 Å². The maximum Gasteiger partial charge on any atom is 0.314 e. The molecule has 0 spiro atoms. The predicted octanol–water partition coefficient (Wildman–Crippen LogP) is -0.468. The first-order valence-corrected chi connectivity index (χ1v) is 7.29. The highest BCUT2D eigenvalue weighted by Crippen LogP contribution is 2.21. The Labute approximate surface area is 109 Å². The molecular formula is C10H26NO6P. The molecule has 0 heterocycles. The molecule has 0 rings (SSSR count). The van der Waals surface area contributed by atoms with Crippen LogP contribution in [0.2, 0.25) is 0 Å².